The van der Waals surface area contributed by atoms with Crippen molar-refractivity contribution in [3.05, 3.63) is 0 Å². The van der Waals surface area contributed by atoms with E-state index in [1.807, 2.05) is 0 Å². The Morgan fingerprint density at radius 3 is 1.83 bits per heavy atom. The van der Waals surface area contributed by atoms with Crippen LogP contribution in [0.2, 0.25) is 0 Å². The number of ether oxygens (including phenoxy) is 2. The molecule has 0 spiro atoms. The molecular weight excluding hydrogens is 232 g/mol. The maximum Gasteiger partial charge on any atom is 0.320 e. The van der Waals surface area contributed by atoms with E-state index in [1.54, 1.807) is 0 Å². The number of hydrogen-bond acceptors (Lipinski definition) is 4. The Balaban J connectivity index is 4.39. The summed E-state index contributed by atoms with van der Waals surface area (Å²) >= 11 is 0. The molecule has 0 amide bonds. The number of carbonyl (C=O) groups excluding carboxylic acids is 2. The number of carbonyl (C=O) groups is 2. The molecule has 0 fully saturated rings. The third kappa shape index (κ3) is 6.03. The first-order valence-electron chi connectivity index (χ1n) is 6.61. The molecule has 0 aliphatic heterocycles. The minimum absolute atomic E-state index is 0.301. The van der Waals surface area contributed by atoms with Crippen molar-refractivity contribution in [3.63, 3.8) is 0 Å². The number of hydrogen-bond donors (Lipinski definition) is 0. The van der Waals surface area contributed by atoms with Crippen molar-refractivity contribution >= 4 is 11.9 Å². The van der Waals surface area contributed by atoms with E-state index in [0.717, 1.165) is 12.8 Å². The minimum atomic E-state index is -0.788. The van der Waals surface area contributed by atoms with Gasteiger partial charge in [-0.3, -0.25) is 9.59 Å². The molecule has 0 saturated heterocycles. The third-order valence-electron chi connectivity index (χ3n) is 3.20. The molecule has 0 bridgehead atoms. The van der Waals surface area contributed by atoms with E-state index in [4.69, 9.17) is 0 Å². The van der Waals surface area contributed by atoms with Gasteiger partial charge in [0.2, 0.25) is 0 Å². The summed E-state index contributed by atoms with van der Waals surface area (Å²) in [5.74, 6) is -0.881. The van der Waals surface area contributed by atoms with Crippen LogP contribution in [-0.2, 0) is 19.1 Å². The standard InChI is InChI=1S/C14H26O4/c1-6-7-10(2)8-11(3)9-12(13(15)17-4)14(16)18-5/h10-12H,6-9H2,1-5H3/t10-,11-/m1/s1. The third-order valence-corrected chi connectivity index (χ3v) is 3.20. The molecule has 0 rings (SSSR count). The summed E-state index contributed by atoms with van der Waals surface area (Å²) in [6, 6.07) is 0. The maximum atomic E-state index is 11.5. The lowest BCUT2D eigenvalue weighted by atomic mass is 9.87. The summed E-state index contributed by atoms with van der Waals surface area (Å²) < 4.78 is 9.30. The average molecular weight is 258 g/mol. The molecule has 4 heteroatoms. The van der Waals surface area contributed by atoms with E-state index in [-0.39, 0.29) is 0 Å². The zero-order chi connectivity index (χ0) is 14.1. The fourth-order valence-corrected chi connectivity index (χ4v) is 2.37. The number of esters is 2. The van der Waals surface area contributed by atoms with Crippen LogP contribution in [0.15, 0.2) is 0 Å². The van der Waals surface area contributed by atoms with Gasteiger partial charge in [0.15, 0.2) is 5.92 Å². The molecule has 18 heavy (non-hydrogen) atoms. The summed E-state index contributed by atoms with van der Waals surface area (Å²) in [5, 5.41) is 0. The Labute approximate surface area is 110 Å². The predicted molar refractivity (Wildman–Crippen MR) is 70.0 cm³/mol. The van der Waals surface area contributed by atoms with Gasteiger partial charge >= 0.3 is 11.9 Å². The Morgan fingerprint density at radius 2 is 1.44 bits per heavy atom. The van der Waals surface area contributed by atoms with E-state index < -0.39 is 17.9 Å². The summed E-state index contributed by atoms with van der Waals surface area (Å²) in [4.78, 5) is 23.1. The van der Waals surface area contributed by atoms with Crippen molar-refractivity contribution in [1.29, 1.82) is 0 Å². The summed E-state index contributed by atoms with van der Waals surface area (Å²) in [6.07, 6.45) is 3.84. The molecule has 0 radical (unpaired) electrons. The van der Waals surface area contributed by atoms with Crippen LogP contribution in [0.5, 0.6) is 0 Å². The highest BCUT2D eigenvalue weighted by Gasteiger charge is 2.30. The summed E-state index contributed by atoms with van der Waals surface area (Å²) in [5.41, 5.74) is 0. The topological polar surface area (TPSA) is 52.6 Å². The molecular formula is C14H26O4. The Morgan fingerprint density at radius 1 is 0.944 bits per heavy atom. The zero-order valence-electron chi connectivity index (χ0n) is 12.2. The number of rotatable bonds is 8. The van der Waals surface area contributed by atoms with Gasteiger partial charge < -0.3 is 9.47 Å². The molecule has 4 nitrogen and oxygen atoms in total. The lowest BCUT2D eigenvalue weighted by molar-refractivity contribution is -0.159. The average Bonchev–Trinajstić information content (AvgIpc) is 2.34. The highest BCUT2D eigenvalue weighted by molar-refractivity contribution is 5.94. The van der Waals surface area contributed by atoms with E-state index in [2.05, 4.69) is 30.2 Å². The molecule has 106 valence electrons. The van der Waals surface area contributed by atoms with Crippen LogP contribution in [0, 0.1) is 17.8 Å². The van der Waals surface area contributed by atoms with Crippen molar-refractivity contribution < 1.29 is 19.1 Å². The minimum Gasteiger partial charge on any atom is -0.468 e. The molecule has 2 atom stereocenters. The first kappa shape index (κ1) is 16.9. The number of methoxy groups -OCH3 is 2. The van der Waals surface area contributed by atoms with Crippen molar-refractivity contribution in [3.8, 4) is 0 Å². The Kier molecular flexibility index (Phi) is 8.42. The highest BCUT2D eigenvalue weighted by Crippen LogP contribution is 2.23. The van der Waals surface area contributed by atoms with Crippen LogP contribution in [0.4, 0.5) is 0 Å². The molecule has 0 aliphatic rings. The first-order chi connectivity index (χ1) is 8.46. The van der Waals surface area contributed by atoms with E-state index in [1.165, 1.54) is 20.6 Å². The van der Waals surface area contributed by atoms with Crippen LogP contribution in [0.3, 0.4) is 0 Å². The largest absolute Gasteiger partial charge is 0.468 e. The monoisotopic (exact) mass is 258 g/mol. The van der Waals surface area contributed by atoms with Crippen molar-refractivity contribution in [1.82, 2.24) is 0 Å². The molecule has 0 heterocycles. The van der Waals surface area contributed by atoms with Crippen LogP contribution in [0.1, 0.15) is 46.5 Å². The van der Waals surface area contributed by atoms with Gasteiger partial charge in [0, 0.05) is 0 Å². The normalized spacial score (nSPS) is 14.1. The Bertz CT molecular complexity index is 247. The molecule has 0 unspecified atom stereocenters. The first-order valence-corrected chi connectivity index (χ1v) is 6.61. The molecule has 0 saturated carbocycles. The van der Waals surface area contributed by atoms with Gasteiger partial charge in [0.1, 0.15) is 0 Å². The van der Waals surface area contributed by atoms with Gasteiger partial charge in [-0.1, -0.05) is 33.6 Å². The van der Waals surface area contributed by atoms with Gasteiger partial charge in [-0.2, -0.15) is 0 Å². The van der Waals surface area contributed by atoms with Crippen molar-refractivity contribution in [2.24, 2.45) is 17.8 Å². The SMILES string of the molecule is CCC[C@@H](C)C[C@@H](C)CC(C(=O)OC)C(=O)OC. The van der Waals surface area contributed by atoms with Gasteiger partial charge in [-0.15, -0.1) is 0 Å². The Hall–Kier alpha value is -1.06. The zero-order valence-corrected chi connectivity index (χ0v) is 12.2. The maximum absolute atomic E-state index is 11.5. The van der Waals surface area contributed by atoms with Crippen molar-refractivity contribution in [2.45, 2.75) is 46.5 Å². The van der Waals surface area contributed by atoms with E-state index in [0.29, 0.717) is 18.3 Å². The summed E-state index contributed by atoms with van der Waals surface area (Å²) in [6.45, 7) is 6.42. The van der Waals surface area contributed by atoms with Crippen LogP contribution in [-0.4, -0.2) is 26.2 Å². The van der Waals surface area contributed by atoms with Crippen molar-refractivity contribution in [2.75, 3.05) is 14.2 Å². The molecule has 0 aromatic rings. The lowest BCUT2D eigenvalue weighted by Crippen LogP contribution is -2.28. The second-order valence-electron chi connectivity index (χ2n) is 5.07. The molecule has 0 aromatic heterocycles. The second kappa shape index (κ2) is 8.95. The van der Waals surface area contributed by atoms with Gasteiger partial charge in [0.25, 0.3) is 0 Å². The second-order valence-corrected chi connectivity index (χ2v) is 5.07. The van der Waals surface area contributed by atoms with E-state index >= 15 is 0 Å². The molecule has 0 aliphatic carbocycles. The van der Waals surface area contributed by atoms with Crippen LogP contribution < -0.4 is 0 Å². The quantitative estimate of drug-likeness (QED) is 0.496. The highest BCUT2D eigenvalue weighted by atomic mass is 16.5. The molecule has 0 aromatic carbocycles. The smallest absolute Gasteiger partial charge is 0.320 e. The van der Waals surface area contributed by atoms with Crippen LogP contribution in [0.25, 0.3) is 0 Å². The lowest BCUT2D eigenvalue weighted by Gasteiger charge is -2.20. The van der Waals surface area contributed by atoms with E-state index in [9.17, 15) is 9.59 Å². The van der Waals surface area contributed by atoms with Crippen LogP contribution >= 0.6 is 0 Å². The molecule has 0 N–H and O–H groups in total. The van der Waals surface area contributed by atoms with Gasteiger partial charge in [-0.25, -0.2) is 0 Å². The summed E-state index contributed by atoms with van der Waals surface area (Å²) in [7, 11) is 2.59. The predicted octanol–water partition coefficient (Wildman–Crippen LogP) is 2.80. The van der Waals surface area contributed by atoms with Gasteiger partial charge in [-0.05, 0) is 24.7 Å². The fourth-order valence-electron chi connectivity index (χ4n) is 2.37. The van der Waals surface area contributed by atoms with Gasteiger partial charge in [0.05, 0.1) is 14.2 Å². The fraction of sp³-hybridized carbons (Fsp3) is 0.857.